The Labute approximate surface area is 221 Å². The Morgan fingerprint density at radius 2 is 1.97 bits per heavy atom. The van der Waals surface area contributed by atoms with Gasteiger partial charge in [0, 0.05) is 44.2 Å². The molecule has 2 aliphatic heterocycles. The summed E-state index contributed by atoms with van der Waals surface area (Å²) in [7, 11) is 1.96. The summed E-state index contributed by atoms with van der Waals surface area (Å²) in [5, 5.41) is 9.77. The van der Waals surface area contributed by atoms with E-state index < -0.39 is 42.4 Å². The van der Waals surface area contributed by atoms with Crippen molar-refractivity contribution < 1.29 is 31.5 Å². The number of aromatic nitrogens is 4. The van der Waals surface area contributed by atoms with E-state index in [9.17, 15) is 31.5 Å². The van der Waals surface area contributed by atoms with Gasteiger partial charge in [0.1, 0.15) is 0 Å². The monoisotopic (exact) mass is 557 g/mol. The van der Waals surface area contributed by atoms with Crippen LogP contribution in [-0.2, 0) is 16.0 Å². The van der Waals surface area contributed by atoms with E-state index in [2.05, 4.69) is 25.6 Å². The van der Waals surface area contributed by atoms with E-state index in [0.717, 1.165) is 13.0 Å². The molecule has 5 rings (SSSR count). The Morgan fingerprint density at radius 3 is 2.62 bits per heavy atom. The molecule has 9 nitrogen and oxygen atoms in total. The molecule has 214 valence electrons. The van der Waals surface area contributed by atoms with Gasteiger partial charge >= 0.3 is 6.18 Å². The number of amides is 2. The van der Waals surface area contributed by atoms with E-state index in [1.54, 1.807) is 6.20 Å². The molecule has 1 aliphatic carbocycles. The van der Waals surface area contributed by atoms with Gasteiger partial charge in [0.2, 0.25) is 18.2 Å². The quantitative estimate of drug-likeness (QED) is 0.401. The van der Waals surface area contributed by atoms with Gasteiger partial charge in [-0.05, 0) is 45.2 Å². The highest BCUT2D eigenvalue weighted by Gasteiger charge is 2.45. The second-order valence-corrected chi connectivity index (χ2v) is 11.2. The second kappa shape index (κ2) is 10.6. The topological polar surface area (TPSA) is 105 Å². The van der Waals surface area contributed by atoms with Gasteiger partial charge in [0.15, 0.2) is 0 Å². The van der Waals surface area contributed by atoms with Gasteiger partial charge in [0.05, 0.1) is 35.2 Å². The number of imidazole rings is 1. The van der Waals surface area contributed by atoms with E-state index in [1.807, 2.05) is 7.05 Å². The first-order chi connectivity index (χ1) is 18.4. The number of likely N-dealkylation sites (N-methyl/N-ethyl adjacent to an activating group) is 1. The molecule has 3 fully saturated rings. The summed E-state index contributed by atoms with van der Waals surface area (Å²) in [6.45, 7) is 1.06. The maximum absolute atomic E-state index is 13.7. The molecule has 4 unspecified atom stereocenters. The van der Waals surface area contributed by atoms with Gasteiger partial charge in [-0.1, -0.05) is 0 Å². The van der Waals surface area contributed by atoms with Crippen LogP contribution in [0.15, 0.2) is 6.20 Å². The molecule has 2 aromatic rings. The molecule has 2 aromatic heterocycles. The Bertz CT molecular complexity index is 1210. The molecular formula is C25H32F5N7O2. The molecule has 2 N–H and O–H groups in total. The predicted molar refractivity (Wildman–Crippen MR) is 129 cm³/mol. The van der Waals surface area contributed by atoms with E-state index >= 15 is 0 Å². The Kier molecular flexibility index (Phi) is 7.51. The standard InChI is InChI=1S/C25H32F5N7O2/c1-36-7-4-15(11-36)21-18(9-16-8-17(25(28,29)30)10-31-22(16)39)35-37-12-19(33-23(37)34-21)20(32-13-38)14-2-5-24(26,27)6-3-14/h12-17,20H,2-11H2,1H3,(H,31,39)(H,32,38). The molecule has 2 amide bonds. The molecule has 0 spiro atoms. The zero-order valence-electron chi connectivity index (χ0n) is 21.6. The van der Waals surface area contributed by atoms with Gasteiger partial charge < -0.3 is 15.5 Å². The van der Waals surface area contributed by atoms with Crippen LogP contribution < -0.4 is 10.6 Å². The molecule has 39 heavy (non-hydrogen) atoms. The van der Waals surface area contributed by atoms with E-state index in [-0.39, 0.29) is 56.1 Å². The fourth-order valence-electron chi connectivity index (χ4n) is 6.16. The summed E-state index contributed by atoms with van der Waals surface area (Å²) < 4.78 is 69.2. The Morgan fingerprint density at radius 1 is 1.23 bits per heavy atom. The fraction of sp³-hybridized carbons (Fsp3) is 0.720. The first-order valence-electron chi connectivity index (χ1n) is 13.3. The van der Waals surface area contributed by atoms with Crippen molar-refractivity contribution in [2.45, 2.75) is 69.0 Å². The van der Waals surface area contributed by atoms with Crippen molar-refractivity contribution in [2.24, 2.45) is 17.8 Å². The first-order valence-corrected chi connectivity index (χ1v) is 13.3. The van der Waals surface area contributed by atoms with Gasteiger partial charge in [-0.15, -0.1) is 0 Å². The highest BCUT2D eigenvalue weighted by Crippen LogP contribution is 2.41. The number of nitrogens with one attached hydrogen (secondary N) is 2. The lowest BCUT2D eigenvalue weighted by molar-refractivity contribution is -0.183. The molecule has 2 saturated heterocycles. The molecule has 4 heterocycles. The van der Waals surface area contributed by atoms with Crippen LogP contribution in [0.3, 0.4) is 0 Å². The SMILES string of the molecule is CN1CCC(c2nc3nc(C(NC=O)C4CCC(F)(F)CC4)cn3nc2CC2CC(C(F)(F)F)CNC2=O)C1. The number of carbonyl (C=O) groups excluding carboxylic acids is 2. The van der Waals surface area contributed by atoms with E-state index in [1.165, 1.54) is 4.52 Å². The molecule has 0 bridgehead atoms. The smallest absolute Gasteiger partial charge is 0.355 e. The number of fused-ring (bicyclic) bond motifs is 1. The van der Waals surface area contributed by atoms with Gasteiger partial charge in [0.25, 0.3) is 5.78 Å². The van der Waals surface area contributed by atoms with Crippen molar-refractivity contribution in [3.8, 4) is 0 Å². The van der Waals surface area contributed by atoms with Crippen LogP contribution >= 0.6 is 0 Å². The summed E-state index contributed by atoms with van der Waals surface area (Å²) in [6.07, 6.45) is -1.99. The minimum absolute atomic E-state index is 0.00185. The minimum atomic E-state index is -4.42. The summed E-state index contributed by atoms with van der Waals surface area (Å²) in [4.78, 5) is 35.4. The summed E-state index contributed by atoms with van der Waals surface area (Å²) in [5.74, 6) is -5.73. The van der Waals surface area contributed by atoms with Crippen LogP contribution in [0.5, 0.6) is 0 Å². The lowest BCUT2D eigenvalue weighted by atomic mass is 9.81. The number of likely N-dealkylation sites (tertiary alicyclic amines) is 1. The molecule has 1 saturated carbocycles. The van der Waals surface area contributed by atoms with Gasteiger partial charge in [-0.3, -0.25) is 9.59 Å². The number of hydrogen-bond acceptors (Lipinski definition) is 6. The minimum Gasteiger partial charge on any atom is -0.355 e. The summed E-state index contributed by atoms with van der Waals surface area (Å²) >= 11 is 0. The molecule has 4 atom stereocenters. The van der Waals surface area contributed by atoms with Gasteiger partial charge in [-0.2, -0.15) is 18.3 Å². The van der Waals surface area contributed by atoms with Crippen LogP contribution in [0.4, 0.5) is 22.0 Å². The highest BCUT2D eigenvalue weighted by molar-refractivity contribution is 5.79. The normalized spacial score (nSPS) is 27.4. The number of rotatable bonds is 7. The maximum atomic E-state index is 13.7. The largest absolute Gasteiger partial charge is 0.393 e. The fourth-order valence-corrected chi connectivity index (χ4v) is 6.16. The van der Waals surface area contributed by atoms with Crippen molar-refractivity contribution in [3.63, 3.8) is 0 Å². The number of nitrogens with zero attached hydrogens (tertiary/aromatic N) is 5. The zero-order chi connectivity index (χ0) is 27.9. The number of alkyl halides is 5. The van der Waals surface area contributed by atoms with Crippen LogP contribution in [-0.4, -0.2) is 75.6 Å². The van der Waals surface area contributed by atoms with Crippen molar-refractivity contribution in [1.29, 1.82) is 0 Å². The Balaban J connectivity index is 1.48. The van der Waals surface area contributed by atoms with Crippen molar-refractivity contribution in [3.05, 3.63) is 23.3 Å². The number of halogens is 5. The third kappa shape index (κ3) is 5.99. The van der Waals surface area contributed by atoms with Crippen LogP contribution in [0.2, 0.25) is 0 Å². The average Bonchev–Trinajstić information content (AvgIpc) is 3.48. The number of carbonyl (C=O) groups is 2. The maximum Gasteiger partial charge on any atom is 0.393 e. The third-order valence-electron chi connectivity index (χ3n) is 8.38. The average molecular weight is 558 g/mol. The Hall–Kier alpha value is -2.90. The van der Waals surface area contributed by atoms with Crippen LogP contribution in [0, 0.1) is 17.8 Å². The molecule has 0 radical (unpaired) electrons. The van der Waals surface area contributed by atoms with Crippen molar-refractivity contribution in [2.75, 3.05) is 26.7 Å². The third-order valence-corrected chi connectivity index (χ3v) is 8.38. The molecular weight excluding hydrogens is 525 g/mol. The summed E-state index contributed by atoms with van der Waals surface area (Å²) in [6, 6.07) is -0.608. The number of hydrogen-bond donors (Lipinski definition) is 2. The van der Waals surface area contributed by atoms with E-state index in [4.69, 9.17) is 4.98 Å². The predicted octanol–water partition coefficient (Wildman–Crippen LogP) is 3.01. The highest BCUT2D eigenvalue weighted by atomic mass is 19.4. The van der Waals surface area contributed by atoms with Crippen LogP contribution in [0.1, 0.15) is 67.6 Å². The zero-order valence-corrected chi connectivity index (χ0v) is 21.6. The number of piperidine rings is 1. The molecule has 0 aromatic carbocycles. The molecule has 14 heteroatoms. The van der Waals surface area contributed by atoms with Crippen molar-refractivity contribution in [1.82, 2.24) is 35.1 Å². The van der Waals surface area contributed by atoms with Gasteiger partial charge in [-0.25, -0.2) is 23.3 Å². The summed E-state index contributed by atoms with van der Waals surface area (Å²) in [5.41, 5.74) is 1.46. The van der Waals surface area contributed by atoms with Crippen LogP contribution in [0.25, 0.3) is 5.78 Å². The second-order valence-electron chi connectivity index (χ2n) is 11.2. The first kappa shape index (κ1) is 27.7. The van der Waals surface area contributed by atoms with E-state index in [0.29, 0.717) is 30.0 Å². The lowest BCUT2D eigenvalue weighted by Crippen LogP contribution is -2.47. The molecule has 3 aliphatic rings. The lowest BCUT2D eigenvalue weighted by Gasteiger charge is -2.32. The van der Waals surface area contributed by atoms with Crippen molar-refractivity contribution >= 4 is 18.1 Å².